The highest BCUT2D eigenvalue weighted by molar-refractivity contribution is 6.30. The summed E-state index contributed by atoms with van der Waals surface area (Å²) in [6.45, 7) is 1.72. The molecule has 0 saturated carbocycles. The summed E-state index contributed by atoms with van der Waals surface area (Å²) < 4.78 is 0. The lowest BCUT2D eigenvalue weighted by molar-refractivity contribution is -0.145. The van der Waals surface area contributed by atoms with Crippen LogP contribution in [-0.2, 0) is 4.79 Å². The zero-order valence-corrected chi connectivity index (χ0v) is 9.98. The molecule has 1 aromatic heterocycles. The average Bonchev–Trinajstić information content (AvgIpc) is 2.28. The highest BCUT2D eigenvalue weighted by Crippen LogP contribution is 2.26. The summed E-state index contributed by atoms with van der Waals surface area (Å²) in [6, 6.07) is 1.60. The summed E-state index contributed by atoms with van der Waals surface area (Å²) in [7, 11) is 0. The van der Waals surface area contributed by atoms with Gasteiger partial charge >= 0.3 is 5.97 Å². The van der Waals surface area contributed by atoms with Gasteiger partial charge in [0, 0.05) is 18.2 Å². The number of hydrogen-bond donors (Lipinski definition) is 2. The highest BCUT2D eigenvalue weighted by atomic mass is 35.5. The zero-order valence-electron chi connectivity index (χ0n) is 9.22. The molecule has 4 nitrogen and oxygen atoms in total. The van der Waals surface area contributed by atoms with Crippen molar-refractivity contribution in [1.29, 1.82) is 0 Å². The molecule has 0 spiro atoms. The molecule has 0 bridgehead atoms. The Bertz CT molecular complexity index is 467. The molecule has 0 aliphatic carbocycles. The maximum atomic E-state index is 11.0. The lowest BCUT2D eigenvalue weighted by Gasteiger charge is -2.17. The molecule has 1 rings (SSSR count). The van der Waals surface area contributed by atoms with Crippen molar-refractivity contribution in [2.24, 2.45) is 5.92 Å². The number of terminal acetylenes is 1. The molecule has 2 N–H and O–H groups in total. The summed E-state index contributed by atoms with van der Waals surface area (Å²) >= 11 is 5.75. The van der Waals surface area contributed by atoms with Gasteiger partial charge in [0.2, 0.25) is 0 Å². The number of aromatic nitrogens is 1. The molecule has 0 unspecified atom stereocenters. The van der Waals surface area contributed by atoms with E-state index in [2.05, 4.69) is 10.9 Å². The van der Waals surface area contributed by atoms with Crippen LogP contribution in [0.4, 0.5) is 0 Å². The number of carbonyl (C=O) groups is 1. The Kier molecular flexibility index (Phi) is 4.50. The zero-order chi connectivity index (χ0) is 13.0. The predicted octanol–water partition coefficient (Wildman–Crippen LogP) is 1.80. The van der Waals surface area contributed by atoms with Crippen molar-refractivity contribution in [2.75, 3.05) is 0 Å². The van der Waals surface area contributed by atoms with Gasteiger partial charge in [-0.25, -0.2) is 4.98 Å². The molecule has 0 amide bonds. The summed E-state index contributed by atoms with van der Waals surface area (Å²) in [4.78, 5) is 14.8. The SMILES string of the molecule is C#CC[C@@H](C(=O)O)[C@H](O)c1cnc(Cl)c(C)c1. The van der Waals surface area contributed by atoms with E-state index in [4.69, 9.17) is 23.1 Å². The molecule has 1 aromatic rings. The van der Waals surface area contributed by atoms with Crippen molar-refractivity contribution in [1.82, 2.24) is 4.98 Å². The number of aliphatic hydroxyl groups excluding tert-OH is 1. The summed E-state index contributed by atoms with van der Waals surface area (Å²) in [5.41, 5.74) is 1.07. The van der Waals surface area contributed by atoms with Crippen LogP contribution in [0.3, 0.4) is 0 Å². The Hall–Kier alpha value is -1.57. The minimum atomic E-state index is -1.19. The fourth-order valence-corrected chi connectivity index (χ4v) is 1.54. The van der Waals surface area contributed by atoms with Gasteiger partial charge in [0.1, 0.15) is 5.15 Å². The van der Waals surface area contributed by atoms with Crippen LogP contribution in [0.15, 0.2) is 12.3 Å². The van der Waals surface area contributed by atoms with Crippen LogP contribution in [0, 0.1) is 25.2 Å². The van der Waals surface area contributed by atoms with Crippen molar-refractivity contribution in [3.63, 3.8) is 0 Å². The molecule has 0 fully saturated rings. The number of aliphatic hydroxyl groups is 1. The van der Waals surface area contributed by atoms with Gasteiger partial charge in [0.25, 0.3) is 0 Å². The first-order valence-electron chi connectivity index (χ1n) is 4.93. The van der Waals surface area contributed by atoms with Gasteiger partial charge in [0.05, 0.1) is 12.0 Å². The van der Waals surface area contributed by atoms with Gasteiger partial charge in [-0.05, 0) is 18.6 Å². The third-order valence-corrected chi connectivity index (χ3v) is 2.81. The molecular formula is C12H12ClNO3. The van der Waals surface area contributed by atoms with E-state index in [1.54, 1.807) is 13.0 Å². The standard InChI is InChI=1S/C12H12ClNO3/c1-3-4-9(12(16)17)10(15)8-5-7(2)11(13)14-6-8/h1,5-6,9-10,15H,4H2,2H3,(H,16,17)/t9-,10-/m1/s1. The van der Waals surface area contributed by atoms with Gasteiger partial charge in [-0.1, -0.05) is 11.6 Å². The normalized spacial score (nSPS) is 13.8. The molecule has 1 heterocycles. The topological polar surface area (TPSA) is 70.4 Å². The number of nitrogens with zero attached hydrogens (tertiary/aromatic N) is 1. The van der Waals surface area contributed by atoms with Crippen LogP contribution in [0.25, 0.3) is 0 Å². The van der Waals surface area contributed by atoms with Gasteiger partial charge in [0.15, 0.2) is 0 Å². The Morgan fingerprint density at radius 2 is 2.35 bits per heavy atom. The van der Waals surface area contributed by atoms with Crippen LogP contribution < -0.4 is 0 Å². The maximum Gasteiger partial charge on any atom is 0.310 e. The minimum Gasteiger partial charge on any atom is -0.481 e. The van der Waals surface area contributed by atoms with E-state index >= 15 is 0 Å². The second-order valence-electron chi connectivity index (χ2n) is 3.67. The molecular weight excluding hydrogens is 242 g/mol. The number of carboxylic acid groups (broad SMARTS) is 1. The second-order valence-corrected chi connectivity index (χ2v) is 4.03. The fourth-order valence-electron chi connectivity index (χ4n) is 1.43. The fraction of sp³-hybridized carbons (Fsp3) is 0.333. The van der Waals surface area contributed by atoms with Crippen molar-refractivity contribution in [3.05, 3.63) is 28.5 Å². The molecule has 2 atom stereocenters. The molecule has 0 saturated heterocycles. The van der Waals surface area contributed by atoms with Crippen molar-refractivity contribution in [3.8, 4) is 12.3 Å². The van der Waals surface area contributed by atoms with E-state index < -0.39 is 18.0 Å². The Balaban J connectivity index is 3.01. The molecule has 0 aliphatic rings. The molecule has 17 heavy (non-hydrogen) atoms. The number of pyridine rings is 1. The monoisotopic (exact) mass is 253 g/mol. The number of hydrogen-bond acceptors (Lipinski definition) is 3. The van der Waals surface area contributed by atoms with E-state index in [-0.39, 0.29) is 6.42 Å². The van der Waals surface area contributed by atoms with E-state index in [1.165, 1.54) is 6.20 Å². The predicted molar refractivity (Wildman–Crippen MR) is 63.5 cm³/mol. The van der Waals surface area contributed by atoms with Gasteiger partial charge in [-0.3, -0.25) is 4.79 Å². The summed E-state index contributed by atoms with van der Waals surface area (Å²) in [6.07, 6.45) is 5.20. The number of carboxylic acids is 1. The van der Waals surface area contributed by atoms with Crippen LogP contribution in [0.5, 0.6) is 0 Å². The Labute approximate surface area is 104 Å². The van der Waals surface area contributed by atoms with Crippen molar-refractivity contribution < 1.29 is 15.0 Å². The van der Waals surface area contributed by atoms with Crippen LogP contribution >= 0.6 is 11.6 Å². The number of aryl methyl sites for hydroxylation is 1. The average molecular weight is 254 g/mol. The van der Waals surface area contributed by atoms with Crippen molar-refractivity contribution >= 4 is 17.6 Å². The van der Waals surface area contributed by atoms with E-state index in [1.807, 2.05) is 0 Å². The molecule has 5 heteroatoms. The molecule has 0 aliphatic heterocycles. The first kappa shape index (κ1) is 13.5. The van der Waals surface area contributed by atoms with E-state index in [0.29, 0.717) is 16.3 Å². The first-order valence-corrected chi connectivity index (χ1v) is 5.31. The quantitative estimate of drug-likeness (QED) is 0.634. The van der Waals surface area contributed by atoms with Crippen LogP contribution in [-0.4, -0.2) is 21.2 Å². The van der Waals surface area contributed by atoms with E-state index in [9.17, 15) is 9.90 Å². The Morgan fingerprint density at radius 3 is 2.82 bits per heavy atom. The lowest BCUT2D eigenvalue weighted by Crippen LogP contribution is -2.21. The van der Waals surface area contributed by atoms with Crippen molar-refractivity contribution in [2.45, 2.75) is 19.4 Å². The number of rotatable bonds is 4. The summed E-state index contributed by atoms with van der Waals surface area (Å²) in [5.74, 6) is 0.0630. The van der Waals surface area contributed by atoms with E-state index in [0.717, 1.165) is 0 Å². The third-order valence-electron chi connectivity index (χ3n) is 2.41. The van der Waals surface area contributed by atoms with Gasteiger partial charge < -0.3 is 10.2 Å². The third kappa shape index (κ3) is 3.19. The lowest BCUT2D eigenvalue weighted by atomic mass is 9.93. The van der Waals surface area contributed by atoms with Crippen LogP contribution in [0.2, 0.25) is 5.15 Å². The van der Waals surface area contributed by atoms with Crippen LogP contribution in [0.1, 0.15) is 23.7 Å². The number of halogens is 1. The number of aliphatic carboxylic acids is 1. The summed E-state index contributed by atoms with van der Waals surface area (Å²) in [5, 5.41) is 19.2. The van der Waals surface area contributed by atoms with Gasteiger partial charge in [-0.2, -0.15) is 0 Å². The second kappa shape index (κ2) is 5.67. The molecule has 0 aromatic carbocycles. The smallest absolute Gasteiger partial charge is 0.310 e. The molecule has 90 valence electrons. The Morgan fingerprint density at radius 1 is 1.71 bits per heavy atom. The largest absolute Gasteiger partial charge is 0.481 e. The molecule has 0 radical (unpaired) electrons. The highest BCUT2D eigenvalue weighted by Gasteiger charge is 2.27. The maximum absolute atomic E-state index is 11.0. The first-order chi connectivity index (χ1) is 7.97. The minimum absolute atomic E-state index is 0.0435. The van der Waals surface area contributed by atoms with Gasteiger partial charge in [-0.15, -0.1) is 12.3 Å².